The number of unbranched alkanes of at least 4 members (excludes halogenated alkanes) is 34. The van der Waals surface area contributed by atoms with Crippen LogP contribution in [-0.4, -0.2) is 107 Å². The van der Waals surface area contributed by atoms with Crippen LogP contribution in [0, 0.1) is 0 Å². The smallest absolute Gasteiger partial charge is 0.407 e. The van der Waals surface area contributed by atoms with E-state index in [-0.39, 0.29) is 13.2 Å². The van der Waals surface area contributed by atoms with Crippen molar-refractivity contribution in [2.45, 2.75) is 314 Å². The molecule has 8 atom stereocenters. The molecule has 0 aromatic heterocycles. The van der Waals surface area contributed by atoms with Gasteiger partial charge in [0.15, 0.2) is 6.29 Å². The molecule has 388 valence electrons. The van der Waals surface area contributed by atoms with E-state index in [1.165, 1.54) is 193 Å². The van der Waals surface area contributed by atoms with Crippen molar-refractivity contribution in [1.82, 2.24) is 10.6 Å². The highest BCUT2D eigenvalue weighted by atomic mass is 16.7. The van der Waals surface area contributed by atoms with Gasteiger partial charge in [-0.1, -0.05) is 245 Å². The molecule has 11 heteroatoms. The van der Waals surface area contributed by atoms with Crippen LogP contribution in [0.4, 0.5) is 4.79 Å². The molecular weight excluding hydrogens is 821 g/mol. The van der Waals surface area contributed by atoms with E-state index in [1.54, 1.807) is 0 Å². The molecule has 1 amide bonds. The van der Waals surface area contributed by atoms with E-state index in [2.05, 4.69) is 24.5 Å². The summed E-state index contributed by atoms with van der Waals surface area (Å²) in [4.78, 5) is 12.0. The minimum absolute atomic E-state index is 0.106. The number of ether oxygens (including phenoxy) is 3. The van der Waals surface area contributed by atoms with Crippen LogP contribution in [0.3, 0.4) is 0 Å². The van der Waals surface area contributed by atoms with Gasteiger partial charge in [-0.2, -0.15) is 0 Å². The number of amides is 1. The zero-order valence-corrected chi connectivity index (χ0v) is 42.7. The third-order valence-corrected chi connectivity index (χ3v) is 13.6. The van der Waals surface area contributed by atoms with Gasteiger partial charge in [0.2, 0.25) is 0 Å². The Morgan fingerprint density at radius 1 is 0.492 bits per heavy atom. The van der Waals surface area contributed by atoms with Crippen LogP contribution >= 0.6 is 0 Å². The number of carbonyl (C=O) groups excluding carboxylic acids is 1. The van der Waals surface area contributed by atoms with Crippen LogP contribution < -0.4 is 10.6 Å². The molecule has 11 nitrogen and oxygen atoms in total. The number of carbonyl (C=O) groups is 1. The molecule has 1 rings (SSSR count). The molecule has 0 aromatic carbocycles. The summed E-state index contributed by atoms with van der Waals surface area (Å²) in [5.74, 6) is 0. The largest absolute Gasteiger partial charge is 0.447 e. The lowest BCUT2D eigenvalue weighted by atomic mass is 9.98. The van der Waals surface area contributed by atoms with Crippen molar-refractivity contribution >= 4 is 6.09 Å². The van der Waals surface area contributed by atoms with Gasteiger partial charge in [0.25, 0.3) is 0 Å². The number of aliphatic hydroxyl groups is 5. The van der Waals surface area contributed by atoms with Crippen LogP contribution in [0.1, 0.15) is 265 Å². The first-order valence-corrected chi connectivity index (χ1v) is 28.1. The first-order chi connectivity index (χ1) is 31.8. The van der Waals surface area contributed by atoms with Gasteiger partial charge in [-0.3, -0.25) is 0 Å². The third kappa shape index (κ3) is 34.8. The molecule has 0 bridgehead atoms. The minimum atomic E-state index is -1.59. The Morgan fingerprint density at radius 3 is 1.28 bits per heavy atom. The molecule has 1 aliphatic rings. The average molecular weight is 929 g/mol. The Hall–Kier alpha value is -1.05. The van der Waals surface area contributed by atoms with Gasteiger partial charge < -0.3 is 50.4 Å². The Morgan fingerprint density at radius 2 is 0.877 bits per heavy atom. The number of rotatable bonds is 48. The molecule has 0 unspecified atom stereocenters. The molecule has 0 spiro atoms. The number of hydrogen-bond acceptors (Lipinski definition) is 10. The fourth-order valence-corrected chi connectivity index (χ4v) is 9.11. The maximum absolute atomic E-state index is 12.0. The molecule has 0 aliphatic carbocycles. The molecule has 1 aliphatic heterocycles. The summed E-state index contributed by atoms with van der Waals surface area (Å²) in [6, 6.07) is -0.652. The lowest BCUT2D eigenvalue weighted by Gasteiger charge is -2.40. The Bertz CT molecular complexity index is 1010. The molecule has 1 fully saturated rings. The van der Waals surface area contributed by atoms with Crippen LogP contribution in [-0.2, 0) is 14.2 Å². The average Bonchev–Trinajstić information content (AvgIpc) is 3.31. The lowest BCUT2D eigenvalue weighted by molar-refractivity contribution is -0.303. The molecule has 0 aromatic rings. The Labute approximate surface area is 400 Å². The van der Waals surface area contributed by atoms with Gasteiger partial charge >= 0.3 is 6.09 Å². The van der Waals surface area contributed by atoms with Gasteiger partial charge in [0, 0.05) is 6.54 Å². The zero-order valence-electron chi connectivity index (χ0n) is 42.7. The third-order valence-electron chi connectivity index (χ3n) is 13.6. The minimum Gasteiger partial charge on any atom is -0.447 e. The predicted molar refractivity (Wildman–Crippen MR) is 268 cm³/mol. The maximum atomic E-state index is 12.0. The van der Waals surface area contributed by atoms with E-state index in [0.29, 0.717) is 19.5 Å². The van der Waals surface area contributed by atoms with Crippen molar-refractivity contribution in [1.29, 1.82) is 0 Å². The summed E-state index contributed by atoms with van der Waals surface area (Å²) in [5.41, 5.74) is 0. The SMILES string of the molecule is CCCCCCCCCCCCCCCCCCCCCCCCCCN[C@@H](CO[C@H]1O[C@H](COC(=O)NCCC)[C@H](O)[C@H](O)[C@H]1O)[C@H](O)[C@H](O)CCCCCCCCCCCCCC. The Balaban J connectivity index is 2.36. The van der Waals surface area contributed by atoms with Gasteiger partial charge in [-0.15, -0.1) is 0 Å². The van der Waals surface area contributed by atoms with Crippen molar-refractivity contribution < 1.29 is 44.5 Å². The summed E-state index contributed by atoms with van der Waals surface area (Å²) in [5, 5.41) is 60.2. The quantitative estimate of drug-likeness (QED) is 0.0292. The second-order valence-corrected chi connectivity index (χ2v) is 19.8. The first-order valence-electron chi connectivity index (χ1n) is 28.1. The van der Waals surface area contributed by atoms with E-state index in [4.69, 9.17) is 14.2 Å². The van der Waals surface area contributed by atoms with E-state index in [0.717, 1.165) is 44.9 Å². The van der Waals surface area contributed by atoms with Gasteiger partial charge in [-0.25, -0.2) is 4.79 Å². The molecule has 1 heterocycles. The lowest BCUT2D eigenvalue weighted by Crippen LogP contribution is -2.60. The van der Waals surface area contributed by atoms with E-state index >= 15 is 0 Å². The highest BCUT2D eigenvalue weighted by molar-refractivity contribution is 5.67. The van der Waals surface area contributed by atoms with Crippen LogP contribution in [0.15, 0.2) is 0 Å². The normalized spacial score (nSPS) is 20.2. The van der Waals surface area contributed by atoms with Crippen molar-refractivity contribution in [2.75, 3.05) is 26.3 Å². The molecule has 65 heavy (non-hydrogen) atoms. The van der Waals surface area contributed by atoms with Crippen LogP contribution in [0.5, 0.6) is 0 Å². The van der Waals surface area contributed by atoms with Gasteiger partial charge in [0.05, 0.1) is 24.9 Å². The van der Waals surface area contributed by atoms with Crippen molar-refractivity contribution in [2.24, 2.45) is 0 Å². The van der Waals surface area contributed by atoms with Crippen LogP contribution in [0.25, 0.3) is 0 Å². The summed E-state index contributed by atoms with van der Waals surface area (Å²) in [6.07, 6.45) is 38.3. The van der Waals surface area contributed by atoms with E-state index in [1.807, 2.05) is 6.92 Å². The van der Waals surface area contributed by atoms with Crippen molar-refractivity contribution in [3.63, 3.8) is 0 Å². The van der Waals surface area contributed by atoms with Crippen molar-refractivity contribution in [3.05, 3.63) is 0 Å². The fourth-order valence-electron chi connectivity index (χ4n) is 9.11. The first kappa shape index (κ1) is 62.0. The molecular formula is C54H108N2O9. The fraction of sp³-hybridized carbons (Fsp3) is 0.981. The number of nitrogens with one attached hydrogen (secondary N) is 2. The monoisotopic (exact) mass is 929 g/mol. The van der Waals surface area contributed by atoms with Crippen molar-refractivity contribution in [3.8, 4) is 0 Å². The van der Waals surface area contributed by atoms with Gasteiger partial charge in [-0.05, 0) is 25.8 Å². The molecule has 0 saturated carbocycles. The molecule has 0 radical (unpaired) electrons. The summed E-state index contributed by atoms with van der Waals surface area (Å²) < 4.78 is 16.9. The highest BCUT2D eigenvalue weighted by Gasteiger charge is 2.45. The topological polar surface area (TPSA) is 170 Å². The second-order valence-electron chi connectivity index (χ2n) is 19.8. The van der Waals surface area contributed by atoms with Crippen LogP contribution in [0.2, 0.25) is 0 Å². The zero-order chi connectivity index (χ0) is 47.4. The number of aliphatic hydroxyl groups excluding tert-OH is 5. The molecule has 1 saturated heterocycles. The van der Waals surface area contributed by atoms with E-state index < -0.39 is 55.0 Å². The maximum Gasteiger partial charge on any atom is 0.407 e. The van der Waals surface area contributed by atoms with E-state index in [9.17, 15) is 30.3 Å². The highest BCUT2D eigenvalue weighted by Crippen LogP contribution is 2.24. The Kier molecular flexibility index (Phi) is 43.3. The standard InChI is InChI=1S/C54H108N2O9/c1-4-7-9-11-13-15-17-19-20-21-22-23-24-25-26-27-28-29-30-32-34-36-38-40-43-55-46(49(58)47(57)41-39-37-35-33-31-18-16-14-12-10-8-5-2)44-63-53-52(61)51(60)50(59)48(65-53)45-64-54(62)56-42-6-3/h46-53,55,57-61H,4-45H2,1-3H3,(H,56,62)/t46-,47+,48+,49-,50-,51-,52+,53-/m0/s1. The van der Waals surface area contributed by atoms with Gasteiger partial charge in [0.1, 0.15) is 31.0 Å². The predicted octanol–water partition coefficient (Wildman–Crippen LogP) is 12.1. The summed E-state index contributed by atoms with van der Waals surface area (Å²) >= 11 is 0. The molecule has 7 N–H and O–H groups in total. The summed E-state index contributed by atoms with van der Waals surface area (Å²) in [7, 11) is 0. The number of hydrogen-bond donors (Lipinski definition) is 7. The summed E-state index contributed by atoms with van der Waals surface area (Å²) in [6.45, 7) is 7.07. The second kappa shape index (κ2) is 45.4. The number of alkyl carbamates (subject to hydrolysis) is 1.